The highest BCUT2D eigenvalue weighted by molar-refractivity contribution is 7.89. The van der Waals surface area contributed by atoms with Crippen LogP contribution in [0.25, 0.3) is 0 Å². The van der Waals surface area contributed by atoms with Gasteiger partial charge in [-0.3, -0.25) is 4.79 Å². The van der Waals surface area contributed by atoms with Crippen molar-refractivity contribution >= 4 is 21.7 Å². The molecule has 0 unspecified atom stereocenters. The Morgan fingerprint density at radius 2 is 1.73 bits per heavy atom. The Morgan fingerprint density at radius 1 is 1.00 bits per heavy atom. The Hall–Kier alpha value is -2.97. The average molecular weight is 425 g/mol. The molecule has 1 heterocycles. The van der Waals surface area contributed by atoms with Crippen LogP contribution in [0.2, 0.25) is 0 Å². The van der Waals surface area contributed by atoms with Gasteiger partial charge in [0, 0.05) is 18.5 Å². The summed E-state index contributed by atoms with van der Waals surface area (Å²) in [5, 5.41) is 7.18. The monoisotopic (exact) mass is 424 g/mol. The summed E-state index contributed by atoms with van der Waals surface area (Å²) in [6.07, 6.45) is 4.28. The van der Waals surface area contributed by atoms with Crippen LogP contribution in [0.3, 0.4) is 0 Å². The zero-order valence-corrected chi connectivity index (χ0v) is 17.3. The topological polar surface area (TPSA) is 93.1 Å². The van der Waals surface area contributed by atoms with Crippen LogP contribution in [0.15, 0.2) is 71.8 Å². The summed E-state index contributed by atoms with van der Waals surface area (Å²) in [6, 6.07) is 18.5. The molecule has 0 radical (unpaired) electrons. The van der Waals surface area contributed by atoms with Gasteiger partial charge in [-0.15, -0.1) is 0 Å². The summed E-state index contributed by atoms with van der Waals surface area (Å²) in [5.41, 5.74) is 2.01. The zero-order valence-electron chi connectivity index (χ0n) is 16.5. The molecule has 4 rings (SSSR count). The maximum atomic E-state index is 12.4. The average Bonchev–Trinajstić information content (AvgIpc) is 3.45. The second-order valence-electron chi connectivity index (χ2n) is 7.45. The first kappa shape index (κ1) is 20.3. The summed E-state index contributed by atoms with van der Waals surface area (Å²) in [7, 11) is -3.45. The molecule has 1 aliphatic rings. The highest BCUT2D eigenvalue weighted by Gasteiger charge is 2.27. The van der Waals surface area contributed by atoms with Crippen molar-refractivity contribution in [3.8, 4) is 0 Å². The van der Waals surface area contributed by atoms with Gasteiger partial charge in [-0.1, -0.05) is 42.5 Å². The lowest BCUT2D eigenvalue weighted by Crippen LogP contribution is -2.25. The number of anilines is 1. The molecule has 2 aromatic carbocycles. The predicted molar refractivity (Wildman–Crippen MR) is 115 cm³/mol. The minimum atomic E-state index is -3.45. The summed E-state index contributed by atoms with van der Waals surface area (Å²) >= 11 is 0. The van der Waals surface area contributed by atoms with Gasteiger partial charge in [-0.25, -0.2) is 17.8 Å². The molecule has 1 amide bonds. The first-order chi connectivity index (χ1) is 14.5. The third-order valence-corrected chi connectivity index (χ3v) is 6.47. The maximum Gasteiger partial charge on any atom is 0.240 e. The minimum Gasteiger partial charge on any atom is -0.311 e. The number of hydrogen-bond donors (Lipinski definition) is 2. The van der Waals surface area contributed by atoms with Crippen molar-refractivity contribution in [2.75, 3.05) is 5.32 Å². The second kappa shape index (κ2) is 8.81. The van der Waals surface area contributed by atoms with Crippen LogP contribution in [0.5, 0.6) is 0 Å². The number of rotatable bonds is 9. The standard InChI is InChI=1S/C22H24N4O3S/c27-22(24-21-14-15-23-26(21)16-18-4-2-1-3-5-18)13-8-17-6-11-20(12-7-17)30(28,29)25-19-9-10-19/h1-7,11-12,14-15,19,25H,8-10,13,16H2,(H,24,27). The predicted octanol–water partition coefficient (Wildman–Crippen LogP) is 2.94. The van der Waals surface area contributed by atoms with Crippen molar-refractivity contribution < 1.29 is 13.2 Å². The van der Waals surface area contributed by atoms with E-state index in [9.17, 15) is 13.2 Å². The van der Waals surface area contributed by atoms with Crippen molar-refractivity contribution in [1.29, 1.82) is 0 Å². The SMILES string of the molecule is O=C(CCc1ccc(S(=O)(=O)NC2CC2)cc1)Nc1ccnn1Cc1ccccc1. The number of hydrogen-bond acceptors (Lipinski definition) is 4. The lowest BCUT2D eigenvalue weighted by molar-refractivity contribution is -0.116. The van der Waals surface area contributed by atoms with E-state index in [1.165, 1.54) is 0 Å². The van der Waals surface area contributed by atoms with Crippen molar-refractivity contribution in [2.24, 2.45) is 0 Å². The maximum absolute atomic E-state index is 12.4. The number of nitrogens with one attached hydrogen (secondary N) is 2. The molecule has 1 aromatic heterocycles. The largest absolute Gasteiger partial charge is 0.311 e. The molecule has 1 aliphatic carbocycles. The Kier molecular flexibility index (Phi) is 5.96. The Balaban J connectivity index is 1.31. The van der Waals surface area contributed by atoms with Crippen molar-refractivity contribution in [1.82, 2.24) is 14.5 Å². The van der Waals surface area contributed by atoms with E-state index in [0.29, 0.717) is 25.2 Å². The zero-order chi connectivity index (χ0) is 21.0. The molecule has 0 saturated heterocycles. The number of benzene rings is 2. The summed E-state index contributed by atoms with van der Waals surface area (Å²) in [4.78, 5) is 12.6. The van der Waals surface area contributed by atoms with Crippen LogP contribution in [-0.2, 0) is 27.8 Å². The van der Waals surface area contributed by atoms with E-state index in [-0.39, 0.29) is 16.8 Å². The lowest BCUT2D eigenvalue weighted by atomic mass is 10.1. The molecule has 7 nitrogen and oxygen atoms in total. The van der Waals surface area contributed by atoms with Gasteiger partial charge in [0.25, 0.3) is 0 Å². The second-order valence-corrected chi connectivity index (χ2v) is 9.16. The molecule has 1 saturated carbocycles. The van der Waals surface area contributed by atoms with E-state index < -0.39 is 10.0 Å². The summed E-state index contributed by atoms with van der Waals surface area (Å²) in [5.74, 6) is 0.536. The fourth-order valence-corrected chi connectivity index (χ4v) is 4.41. The molecule has 1 fully saturated rings. The number of aromatic nitrogens is 2. The van der Waals surface area contributed by atoms with Crippen molar-refractivity contribution in [3.05, 3.63) is 78.0 Å². The molecule has 156 valence electrons. The van der Waals surface area contributed by atoms with Gasteiger partial charge in [-0.05, 0) is 42.5 Å². The molecule has 3 aromatic rings. The normalized spacial score (nSPS) is 13.9. The van der Waals surface area contributed by atoms with Gasteiger partial charge < -0.3 is 5.32 Å². The minimum absolute atomic E-state index is 0.0775. The molecular weight excluding hydrogens is 400 g/mol. The third-order valence-electron chi connectivity index (χ3n) is 4.93. The fourth-order valence-electron chi connectivity index (χ4n) is 3.11. The van der Waals surface area contributed by atoms with E-state index in [4.69, 9.17) is 0 Å². The summed E-state index contributed by atoms with van der Waals surface area (Å²) in [6.45, 7) is 0.578. The molecule has 0 bridgehead atoms. The number of nitrogens with zero attached hydrogens (tertiary/aromatic N) is 2. The van der Waals surface area contributed by atoms with Crippen LogP contribution < -0.4 is 10.0 Å². The van der Waals surface area contributed by atoms with E-state index in [1.54, 1.807) is 41.2 Å². The van der Waals surface area contributed by atoms with Gasteiger partial charge in [-0.2, -0.15) is 5.10 Å². The number of carbonyl (C=O) groups is 1. The van der Waals surface area contributed by atoms with Gasteiger partial charge in [0.2, 0.25) is 15.9 Å². The number of amides is 1. The van der Waals surface area contributed by atoms with Gasteiger partial charge in [0.1, 0.15) is 5.82 Å². The Labute approximate surface area is 176 Å². The number of aryl methyl sites for hydroxylation is 1. The Bertz CT molecular complexity index is 1100. The van der Waals surface area contributed by atoms with Crippen LogP contribution in [0.1, 0.15) is 30.4 Å². The highest BCUT2D eigenvalue weighted by Crippen LogP contribution is 2.22. The van der Waals surface area contributed by atoms with Gasteiger partial charge in [0.15, 0.2) is 0 Å². The van der Waals surface area contributed by atoms with E-state index in [1.807, 2.05) is 30.3 Å². The van der Waals surface area contributed by atoms with Crippen LogP contribution in [0.4, 0.5) is 5.82 Å². The quantitative estimate of drug-likeness (QED) is 0.552. The molecule has 0 spiro atoms. The molecule has 2 N–H and O–H groups in total. The summed E-state index contributed by atoms with van der Waals surface area (Å²) < 4.78 is 28.8. The number of carbonyl (C=O) groups excluding carboxylic acids is 1. The molecule has 0 atom stereocenters. The highest BCUT2D eigenvalue weighted by atomic mass is 32.2. The van der Waals surface area contributed by atoms with Gasteiger partial charge >= 0.3 is 0 Å². The lowest BCUT2D eigenvalue weighted by Gasteiger charge is -2.10. The Morgan fingerprint density at radius 3 is 2.43 bits per heavy atom. The van der Waals surface area contributed by atoms with E-state index in [2.05, 4.69) is 15.1 Å². The smallest absolute Gasteiger partial charge is 0.240 e. The fraction of sp³-hybridized carbons (Fsp3) is 0.273. The molecule has 0 aliphatic heterocycles. The van der Waals surface area contributed by atoms with Crippen LogP contribution >= 0.6 is 0 Å². The van der Waals surface area contributed by atoms with Gasteiger partial charge in [0.05, 0.1) is 17.6 Å². The first-order valence-corrected chi connectivity index (χ1v) is 11.4. The van der Waals surface area contributed by atoms with Crippen LogP contribution in [-0.4, -0.2) is 30.1 Å². The number of sulfonamides is 1. The van der Waals surface area contributed by atoms with Crippen molar-refractivity contribution in [3.63, 3.8) is 0 Å². The first-order valence-electron chi connectivity index (χ1n) is 9.96. The molecule has 8 heteroatoms. The van der Waals surface area contributed by atoms with Crippen molar-refractivity contribution in [2.45, 2.75) is 43.2 Å². The van der Waals surface area contributed by atoms with E-state index >= 15 is 0 Å². The third kappa shape index (κ3) is 5.34. The van der Waals surface area contributed by atoms with E-state index in [0.717, 1.165) is 24.0 Å². The van der Waals surface area contributed by atoms with Crippen LogP contribution in [0, 0.1) is 0 Å². The molecule has 30 heavy (non-hydrogen) atoms. The molecular formula is C22H24N4O3S.